The number of ether oxygens (including phenoxy) is 1. The van der Waals surface area contributed by atoms with E-state index in [1.54, 1.807) is 12.4 Å². The lowest BCUT2D eigenvalue weighted by atomic mass is 10.2. The molecule has 1 rings (SSSR count). The second kappa shape index (κ2) is 4.94. The number of esters is 1. The van der Waals surface area contributed by atoms with Gasteiger partial charge in [-0.05, 0) is 11.6 Å². The summed E-state index contributed by atoms with van der Waals surface area (Å²) in [6, 6.07) is 3.73. The fourth-order valence-electron chi connectivity index (χ4n) is 0.772. The number of pyridine rings is 1. The molecule has 66 valence electrons. The van der Waals surface area contributed by atoms with Crippen molar-refractivity contribution in [2.75, 3.05) is 7.11 Å². The van der Waals surface area contributed by atoms with Gasteiger partial charge in [-0.2, -0.15) is 0 Å². The molecule has 0 aliphatic rings. The molecule has 13 heavy (non-hydrogen) atoms. The van der Waals surface area contributed by atoms with Crippen LogP contribution in [0.25, 0.3) is 0 Å². The summed E-state index contributed by atoms with van der Waals surface area (Å²) in [7, 11) is 1.31. The zero-order chi connectivity index (χ0) is 9.52. The molecule has 0 radical (unpaired) electrons. The molecule has 0 N–H and O–H groups in total. The molecule has 0 fully saturated rings. The van der Waals surface area contributed by atoms with Crippen LogP contribution >= 0.6 is 0 Å². The van der Waals surface area contributed by atoms with Crippen molar-refractivity contribution in [2.24, 2.45) is 0 Å². The average Bonchev–Trinajstić information content (AvgIpc) is 2.19. The standard InChI is InChI=1S/C10H9NO2/c1-13-10(12)6-2-4-9-5-3-7-11-8-9/h3,5,7-8H,4H2,1H3. The number of methoxy groups -OCH3 is 1. The Morgan fingerprint density at radius 1 is 1.69 bits per heavy atom. The SMILES string of the molecule is COC(=O)C#CCc1cccnc1. The van der Waals surface area contributed by atoms with Crippen LogP contribution in [0, 0.1) is 11.8 Å². The van der Waals surface area contributed by atoms with E-state index < -0.39 is 5.97 Å². The highest BCUT2D eigenvalue weighted by atomic mass is 16.5. The molecule has 0 aliphatic heterocycles. The number of carbonyl (C=O) groups is 1. The first-order valence-corrected chi connectivity index (χ1v) is 3.78. The van der Waals surface area contributed by atoms with Crippen LogP contribution in [0.15, 0.2) is 24.5 Å². The smallest absolute Gasteiger partial charge is 0.384 e. The number of hydrogen-bond acceptors (Lipinski definition) is 3. The highest BCUT2D eigenvalue weighted by Crippen LogP contribution is 1.94. The third kappa shape index (κ3) is 3.39. The van der Waals surface area contributed by atoms with E-state index in [1.165, 1.54) is 7.11 Å². The van der Waals surface area contributed by atoms with Crippen LogP contribution in [-0.2, 0) is 16.0 Å². The number of nitrogens with zero attached hydrogens (tertiary/aromatic N) is 1. The van der Waals surface area contributed by atoms with Gasteiger partial charge in [0.05, 0.1) is 7.11 Å². The second-order valence-electron chi connectivity index (χ2n) is 2.33. The van der Waals surface area contributed by atoms with Gasteiger partial charge in [0, 0.05) is 24.7 Å². The quantitative estimate of drug-likeness (QED) is 0.360. The van der Waals surface area contributed by atoms with E-state index in [2.05, 4.69) is 21.6 Å². The minimum absolute atomic E-state index is 0.510. The monoisotopic (exact) mass is 175 g/mol. The van der Waals surface area contributed by atoms with Gasteiger partial charge in [0.15, 0.2) is 0 Å². The van der Waals surface area contributed by atoms with Crippen molar-refractivity contribution < 1.29 is 9.53 Å². The lowest BCUT2D eigenvalue weighted by Gasteiger charge is -1.90. The third-order valence-electron chi connectivity index (χ3n) is 1.39. The third-order valence-corrected chi connectivity index (χ3v) is 1.39. The molecule has 0 unspecified atom stereocenters. The molecule has 0 amide bonds. The fourth-order valence-corrected chi connectivity index (χ4v) is 0.772. The Morgan fingerprint density at radius 2 is 2.54 bits per heavy atom. The Hall–Kier alpha value is -1.82. The minimum Gasteiger partial charge on any atom is -0.459 e. The first-order chi connectivity index (χ1) is 6.33. The van der Waals surface area contributed by atoms with Crippen LogP contribution < -0.4 is 0 Å². The summed E-state index contributed by atoms with van der Waals surface area (Å²) in [5.74, 6) is 4.52. The average molecular weight is 175 g/mol. The van der Waals surface area contributed by atoms with Crippen molar-refractivity contribution in [2.45, 2.75) is 6.42 Å². The van der Waals surface area contributed by atoms with Gasteiger partial charge < -0.3 is 4.74 Å². The van der Waals surface area contributed by atoms with E-state index >= 15 is 0 Å². The second-order valence-corrected chi connectivity index (χ2v) is 2.33. The number of hydrogen-bond donors (Lipinski definition) is 0. The van der Waals surface area contributed by atoms with Crippen LogP contribution in [0.5, 0.6) is 0 Å². The van der Waals surface area contributed by atoms with Crippen LogP contribution in [0.2, 0.25) is 0 Å². The first kappa shape index (κ1) is 9.27. The van der Waals surface area contributed by atoms with Crippen molar-refractivity contribution in [3.05, 3.63) is 30.1 Å². The molecule has 1 heterocycles. The van der Waals surface area contributed by atoms with E-state index in [9.17, 15) is 4.79 Å². The van der Waals surface area contributed by atoms with Gasteiger partial charge >= 0.3 is 5.97 Å². The molecular formula is C10H9NO2. The maximum Gasteiger partial charge on any atom is 0.384 e. The van der Waals surface area contributed by atoms with Crippen molar-refractivity contribution in [1.29, 1.82) is 0 Å². The van der Waals surface area contributed by atoms with Crippen LogP contribution in [-0.4, -0.2) is 18.1 Å². The van der Waals surface area contributed by atoms with Gasteiger partial charge in [0.25, 0.3) is 0 Å². The van der Waals surface area contributed by atoms with Gasteiger partial charge in [0.1, 0.15) is 0 Å². The Balaban J connectivity index is 2.51. The molecule has 0 atom stereocenters. The predicted molar refractivity (Wildman–Crippen MR) is 47.7 cm³/mol. The molecular weight excluding hydrogens is 166 g/mol. The summed E-state index contributed by atoms with van der Waals surface area (Å²) < 4.78 is 4.36. The summed E-state index contributed by atoms with van der Waals surface area (Å²) >= 11 is 0. The molecule has 0 aliphatic carbocycles. The van der Waals surface area contributed by atoms with Gasteiger partial charge in [-0.3, -0.25) is 4.98 Å². The van der Waals surface area contributed by atoms with Crippen molar-refractivity contribution in [3.63, 3.8) is 0 Å². The molecule has 3 nitrogen and oxygen atoms in total. The summed E-state index contributed by atoms with van der Waals surface area (Å²) in [4.78, 5) is 14.5. The Morgan fingerprint density at radius 3 is 3.15 bits per heavy atom. The predicted octanol–water partition coefficient (Wildman–Crippen LogP) is 0.800. The molecule has 1 aromatic heterocycles. The Kier molecular flexibility index (Phi) is 3.52. The normalized spacial score (nSPS) is 8.38. The van der Waals surface area contributed by atoms with Gasteiger partial charge in [-0.15, -0.1) is 0 Å². The van der Waals surface area contributed by atoms with Crippen LogP contribution in [0.4, 0.5) is 0 Å². The van der Waals surface area contributed by atoms with Gasteiger partial charge in [-0.25, -0.2) is 4.79 Å². The van der Waals surface area contributed by atoms with E-state index in [0.717, 1.165) is 5.56 Å². The molecule has 0 bridgehead atoms. The largest absolute Gasteiger partial charge is 0.459 e. The minimum atomic E-state index is -0.510. The molecule has 0 spiro atoms. The summed E-state index contributed by atoms with van der Waals surface area (Å²) in [5.41, 5.74) is 0.985. The maximum absolute atomic E-state index is 10.6. The van der Waals surface area contributed by atoms with Gasteiger partial charge in [-0.1, -0.05) is 12.0 Å². The molecule has 0 saturated carbocycles. The van der Waals surface area contributed by atoms with Crippen LogP contribution in [0.3, 0.4) is 0 Å². The van der Waals surface area contributed by atoms with Crippen molar-refractivity contribution >= 4 is 5.97 Å². The number of rotatable bonds is 1. The van der Waals surface area contributed by atoms with E-state index in [4.69, 9.17) is 0 Å². The molecule has 1 aromatic rings. The zero-order valence-electron chi connectivity index (χ0n) is 7.28. The first-order valence-electron chi connectivity index (χ1n) is 3.78. The van der Waals surface area contributed by atoms with Gasteiger partial charge in [0.2, 0.25) is 0 Å². The highest BCUT2D eigenvalue weighted by Gasteiger charge is 1.90. The Labute approximate surface area is 76.8 Å². The lowest BCUT2D eigenvalue weighted by Crippen LogP contribution is -1.94. The summed E-state index contributed by atoms with van der Waals surface area (Å²) in [5, 5.41) is 0. The van der Waals surface area contributed by atoms with E-state index in [-0.39, 0.29) is 0 Å². The fraction of sp³-hybridized carbons (Fsp3) is 0.200. The Bertz CT molecular complexity index is 335. The number of carbonyl (C=O) groups excluding carboxylic acids is 1. The summed E-state index contributed by atoms with van der Waals surface area (Å²) in [6.45, 7) is 0. The highest BCUT2D eigenvalue weighted by molar-refractivity contribution is 5.88. The van der Waals surface area contributed by atoms with Crippen molar-refractivity contribution in [1.82, 2.24) is 4.98 Å². The topological polar surface area (TPSA) is 39.2 Å². The molecule has 0 aromatic carbocycles. The maximum atomic E-state index is 10.6. The number of aromatic nitrogens is 1. The summed E-state index contributed by atoms with van der Waals surface area (Å²) in [6.07, 6.45) is 3.92. The van der Waals surface area contributed by atoms with E-state index in [1.807, 2.05) is 12.1 Å². The molecule has 3 heteroatoms. The van der Waals surface area contributed by atoms with E-state index in [0.29, 0.717) is 6.42 Å². The molecule has 0 saturated heterocycles. The van der Waals surface area contributed by atoms with Crippen molar-refractivity contribution in [3.8, 4) is 11.8 Å². The lowest BCUT2D eigenvalue weighted by molar-refractivity contribution is -0.133. The van der Waals surface area contributed by atoms with Crippen LogP contribution in [0.1, 0.15) is 5.56 Å². The zero-order valence-corrected chi connectivity index (χ0v) is 7.28.